The van der Waals surface area contributed by atoms with Crippen molar-refractivity contribution >= 4 is 31.5 Å². The first-order valence-electron chi connectivity index (χ1n) is 7.51. The zero-order valence-corrected chi connectivity index (χ0v) is 15.0. The van der Waals surface area contributed by atoms with Gasteiger partial charge < -0.3 is 15.0 Å². The third-order valence-corrected chi connectivity index (χ3v) is 4.86. The van der Waals surface area contributed by atoms with Gasteiger partial charge in [0, 0.05) is 11.4 Å². The van der Waals surface area contributed by atoms with E-state index in [1.807, 2.05) is 27.7 Å². The van der Waals surface area contributed by atoms with Crippen molar-refractivity contribution in [2.45, 2.75) is 45.1 Å². The summed E-state index contributed by atoms with van der Waals surface area (Å²) >= 11 is 4.26. The summed E-state index contributed by atoms with van der Waals surface area (Å²) in [6.45, 7) is 7.62. The van der Waals surface area contributed by atoms with Crippen molar-refractivity contribution in [3.63, 3.8) is 0 Å². The highest BCUT2D eigenvalue weighted by atomic mass is 32.1. The average molecular weight is 359 g/mol. The molecular weight excluding hydrogens is 338 g/mol. The van der Waals surface area contributed by atoms with Crippen LogP contribution in [-0.2, 0) is 15.5 Å². The number of alkyl halides is 3. The second-order valence-electron chi connectivity index (χ2n) is 6.81. The smallest absolute Gasteiger partial charge is 0.400 e. The number of anilines is 1. The largest absolute Gasteiger partial charge is 0.491 e. The summed E-state index contributed by atoms with van der Waals surface area (Å²) in [5.41, 5.74) is 5.11. The van der Waals surface area contributed by atoms with Crippen LogP contribution in [0.1, 0.15) is 38.8 Å². The Balaban J connectivity index is 2.39. The molecule has 0 aliphatic carbocycles. The van der Waals surface area contributed by atoms with Crippen LogP contribution in [0.3, 0.4) is 0 Å². The summed E-state index contributed by atoms with van der Waals surface area (Å²) in [6.07, 6.45) is -2.87. The lowest BCUT2D eigenvalue weighted by Crippen LogP contribution is -2.41. The lowest BCUT2D eigenvalue weighted by molar-refractivity contribution is -0.137. The van der Waals surface area contributed by atoms with E-state index in [0.29, 0.717) is 5.47 Å². The zero-order valence-electron chi connectivity index (χ0n) is 14.1. The predicted molar refractivity (Wildman–Crippen MR) is 93.8 cm³/mol. The highest BCUT2D eigenvalue weighted by molar-refractivity contribution is 7.80. The van der Waals surface area contributed by atoms with E-state index in [9.17, 15) is 13.2 Å². The Morgan fingerprint density at radius 3 is 2.21 bits per heavy atom. The van der Waals surface area contributed by atoms with Crippen molar-refractivity contribution in [1.29, 1.82) is 0 Å². The first-order valence-corrected chi connectivity index (χ1v) is 8.14. The molecule has 1 fully saturated rings. The molecular formula is C16H21BF3NO2S. The average Bonchev–Trinajstić information content (AvgIpc) is 2.65. The van der Waals surface area contributed by atoms with Crippen LogP contribution < -0.4 is 5.73 Å². The molecule has 0 bridgehead atoms. The molecule has 0 aromatic heterocycles. The Morgan fingerprint density at radius 1 is 1.21 bits per heavy atom. The molecule has 1 saturated heterocycles. The molecule has 8 heteroatoms. The SMILES string of the molecule is CC1(C)OB(C(=Cc2cc(C(F)(F)F)ccc2N)CS)OC1(C)C. The van der Waals surface area contributed by atoms with Gasteiger partial charge in [-0.05, 0) is 56.9 Å². The van der Waals surface area contributed by atoms with Gasteiger partial charge in [0.05, 0.1) is 16.8 Å². The number of benzene rings is 1. The molecule has 0 radical (unpaired) electrons. The third-order valence-electron chi connectivity index (χ3n) is 4.49. The summed E-state index contributed by atoms with van der Waals surface area (Å²) in [5.74, 6) is 0.270. The fraction of sp³-hybridized carbons (Fsp3) is 0.500. The Morgan fingerprint density at radius 2 is 1.75 bits per heavy atom. The number of halogens is 3. The minimum Gasteiger partial charge on any atom is -0.400 e. The Hall–Kier alpha value is -1.12. The van der Waals surface area contributed by atoms with Crippen LogP contribution in [0.5, 0.6) is 0 Å². The molecule has 0 atom stereocenters. The molecule has 3 nitrogen and oxygen atoms in total. The van der Waals surface area contributed by atoms with E-state index in [1.54, 1.807) is 6.08 Å². The molecule has 0 saturated carbocycles. The Kier molecular flexibility index (Phi) is 5.05. The molecule has 1 aliphatic heterocycles. The molecule has 24 heavy (non-hydrogen) atoms. The molecule has 1 aliphatic rings. The maximum absolute atomic E-state index is 12.9. The monoisotopic (exact) mass is 359 g/mol. The quantitative estimate of drug-likeness (QED) is 0.482. The summed E-state index contributed by atoms with van der Waals surface area (Å²) in [5, 5.41) is 0. The lowest BCUT2D eigenvalue weighted by Gasteiger charge is -2.32. The molecule has 1 aromatic rings. The number of nitrogen functional groups attached to an aromatic ring is 1. The van der Waals surface area contributed by atoms with Crippen molar-refractivity contribution in [2.24, 2.45) is 0 Å². The van der Waals surface area contributed by atoms with Gasteiger partial charge in [0.1, 0.15) is 0 Å². The number of thiol groups is 1. The molecule has 1 heterocycles. The first kappa shape index (κ1) is 19.2. The molecule has 132 valence electrons. The number of rotatable bonds is 3. The highest BCUT2D eigenvalue weighted by Crippen LogP contribution is 2.39. The topological polar surface area (TPSA) is 44.5 Å². The summed E-state index contributed by atoms with van der Waals surface area (Å²) in [7, 11) is -0.679. The second-order valence-corrected chi connectivity index (χ2v) is 7.12. The normalized spacial score (nSPS) is 20.5. The summed E-state index contributed by atoms with van der Waals surface area (Å²) in [4.78, 5) is 0. The van der Waals surface area contributed by atoms with Gasteiger partial charge in [0.15, 0.2) is 0 Å². The van der Waals surface area contributed by atoms with Gasteiger partial charge in [0.25, 0.3) is 0 Å². The van der Waals surface area contributed by atoms with Crippen molar-refractivity contribution in [3.8, 4) is 0 Å². The maximum Gasteiger partial charge on any atom is 0.491 e. The van der Waals surface area contributed by atoms with Crippen LogP contribution in [-0.4, -0.2) is 24.1 Å². The van der Waals surface area contributed by atoms with Crippen molar-refractivity contribution < 1.29 is 22.5 Å². The van der Waals surface area contributed by atoms with Gasteiger partial charge >= 0.3 is 13.3 Å². The standard InChI is InChI=1S/C16H21BF3NO2S/c1-14(2)15(3,4)23-17(22-14)12(9-24)8-10-7-11(16(18,19)20)5-6-13(10)21/h5-8,24H,9,21H2,1-4H3. The molecule has 0 spiro atoms. The van der Waals surface area contributed by atoms with Crippen LogP contribution in [0, 0.1) is 0 Å². The highest BCUT2D eigenvalue weighted by Gasteiger charge is 2.52. The van der Waals surface area contributed by atoms with Gasteiger partial charge in [-0.25, -0.2) is 0 Å². The summed E-state index contributed by atoms with van der Waals surface area (Å²) in [6, 6.07) is 3.22. The van der Waals surface area contributed by atoms with Gasteiger partial charge in [-0.2, -0.15) is 25.8 Å². The first-order chi connectivity index (χ1) is 10.9. The Labute approximate surface area is 145 Å². The van der Waals surface area contributed by atoms with Crippen molar-refractivity contribution in [3.05, 3.63) is 34.8 Å². The summed E-state index contributed by atoms with van der Waals surface area (Å²) < 4.78 is 50.5. The minimum absolute atomic E-state index is 0.249. The second kappa shape index (κ2) is 6.31. The van der Waals surface area contributed by atoms with E-state index in [-0.39, 0.29) is 17.0 Å². The van der Waals surface area contributed by atoms with E-state index in [4.69, 9.17) is 15.0 Å². The molecule has 0 unspecified atom stereocenters. The molecule has 2 N–H and O–H groups in total. The fourth-order valence-corrected chi connectivity index (χ4v) is 2.50. The van der Waals surface area contributed by atoms with Crippen molar-refractivity contribution in [1.82, 2.24) is 0 Å². The number of hydrogen-bond donors (Lipinski definition) is 2. The van der Waals surface area contributed by atoms with Crippen LogP contribution in [0.2, 0.25) is 0 Å². The number of hydrogen-bond acceptors (Lipinski definition) is 4. The van der Waals surface area contributed by atoms with E-state index >= 15 is 0 Å². The fourth-order valence-electron chi connectivity index (χ4n) is 2.26. The van der Waals surface area contributed by atoms with Crippen LogP contribution in [0.25, 0.3) is 6.08 Å². The zero-order chi connectivity index (χ0) is 18.3. The minimum atomic E-state index is -4.43. The van der Waals surface area contributed by atoms with Gasteiger partial charge in [-0.15, -0.1) is 0 Å². The maximum atomic E-state index is 12.9. The van der Waals surface area contributed by atoms with E-state index < -0.39 is 30.1 Å². The van der Waals surface area contributed by atoms with Crippen LogP contribution >= 0.6 is 12.6 Å². The van der Waals surface area contributed by atoms with Gasteiger partial charge in [0.2, 0.25) is 0 Å². The van der Waals surface area contributed by atoms with Gasteiger partial charge in [-0.3, -0.25) is 0 Å². The molecule has 0 amide bonds. The van der Waals surface area contributed by atoms with E-state index in [2.05, 4.69) is 12.6 Å². The third kappa shape index (κ3) is 3.76. The van der Waals surface area contributed by atoms with Crippen LogP contribution in [0.4, 0.5) is 18.9 Å². The number of nitrogens with two attached hydrogens (primary N) is 1. The van der Waals surface area contributed by atoms with Gasteiger partial charge in [-0.1, -0.05) is 6.08 Å². The van der Waals surface area contributed by atoms with Crippen LogP contribution in [0.15, 0.2) is 23.7 Å². The lowest BCUT2D eigenvalue weighted by atomic mass is 9.78. The molecule has 2 rings (SSSR count). The van der Waals surface area contributed by atoms with E-state index in [0.717, 1.165) is 12.1 Å². The Bertz CT molecular complexity index is 643. The molecule has 1 aromatic carbocycles. The predicted octanol–water partition coefficient (Wildman–Crippen LogP) is 4.23. The van der Waals surface area contributed by atoms with Crippen molar-refractivity contribution in [2.75, 3.05) is 11.5 Å². The van der Waals surface area contributed by atoms with E-state index in [1.165, 1.54) is 6.07 Å².